The summed E-state index contributed by atoms with van der Waals surface area (Å²) in [7, 11) is 1.75. The van der Waals surface area contributed by atoms with Gasteiger partial charge in [0, 0.05) is 32.0 Å². The number of hydrogen-bond donors (Lipinski definition) is 2. The molecule has 1 spiro atoms. The van der Waals surface area contributed by atoms with E-state index in [1.54, 1.807) is 11.9 Å². The van der Waals surface area contributed by atoms with Crippen molar-refractivity contribution in [1.29, 1.82) is 0 Å². The van der Waals surface area contributed by atoms with Crippen molar-refractivity contribution in [3.63, 3.8) is 0 Å². The highest BCUT2D eigenvalue weighted by Gasteiger charge is 2.64. The maximum Gasteiger partial charge on any atom is 0.407 e. The van der Waals surface area contributed by atoms with Crippen LogP contribution < -0.4 is 5.32 Å². The molecule has 5 nitrogen and oxygen atoms in total. The van der Waals surface area contributed by atoms with Crippen molar-refractivity contribution < 1.29 is 14.7 Å². The molecule has 4 saturated carbocycles. The first kappa shape index (κ1) is 20.6. The maximum atomic E-state index is 12.8. The number of nitrogens with one attached hydrogen (secondary N) is 1. The molecule has 7 rings (SSSR count). The van der Waals surface area contributed by atoms with Crippen LogP contribution in [0.15, 0.2) is 24.3 Å². The highest BCUT2D eigenvalue weighted by Crippen LogP contribution is 2.71. The first-order valence-corrected chi connectivity index (χ1v) is 12.7. The van der Waals surface area contributed by atoms with E-state index >= 15 is 0 Å². The third kappa shape index (κ3) is 2.88. The number of benzene rings is 1. The fourth-order valence-corrected chi connectivity index (χ4v) is 9.78. The maximum absolute atomic E-state index is 12.8. The second-order valence-corrected chi connectivity index (χ2v) is 11.8. The van der Waals surface area contributed by atoms with E-state index in [0.29, 0.717) is 30.8 Å². The highest BCUT2D eigenvalue weighted by molar-refractivity contribution is 5.77. The first-order valence-electron chi connectivity index (χ1n) is 12.7. The van der Waals surface area contributed by atoms with Crippen molar-refractivity contribution in [2.24, 2.45) is 29.1 Å². The molecule has 0 radical (unpaired) electrons. The number of piperidine rings is 1. The van der Waals surface area contributed by atoms with Crippen LogP contribution in [0.5, 0.6) is 0 Å². The summed E-state index contributed by atoms with van der Waals surface area (Å²) in [5, 5.41) is 12.5. The SMILES string of the molecule is CNC(=O)CC1c2ccccc2C2(CCN(C(=O)O)CC2)C1C12CC3CC(CC(C3)C1)C2. The van der Waals surface area contributed by atoms with Crippen LogP contribution in [0.1, 0.15) is 74.8 Å². The Morgan fingerprint density at radius 1 is 1.03 bits per heavy atom. The normalized spacial score (nSPS) is 38.7. The molecule has 1 saturated heterocycles. The van der Waals surface area contributed by atoms with Crippen molar-refractivity contribution in [2.45, 2.75) is 69.1 Å². The topological polar surface area (TPSA) is 69.6 Å². The summed E-state index contributed by atoms with van der Waals surface area (Å²) in [6.45, 7) is 1.22. The van der Waals surface area contributed by atoms with Crippen molar-refractivity contribution in [3.8, 4) is 0 Å². The van der Waals surface area contributed by atoms with E-state index in [-0.39, 0.29) is 17.2 Å². The predicted molar refractivity (Wildman–Crippen MR) is 122 cm³/mol. The van der Waals surface area contributed by atoms with Crippen LogP contribution in [0.25, 0.3) is 0 Å². The number of rotatable bonds is 3. The number of hydrogen-bond acceptors (Lipinski definition) is 2. The summed E-state index contributed by atoms with van der Waals surface area (Å²) in [5.41, 5.74) is 3.13. The van der Waals surface area contributed by atoms with Gasteiger partial charge >= 0.3 is 6.09 Å². The number of carbonyl (C=O) groups is 2. The van der Waals surface area contributed by atoms with Gasteiger partial charge in [0.25, 0.3) is 0 Å². The van der Waals surface area contributed by atoms with Crippen LogP contribution in [-0.4, -0.2) is 42.1 Å². The highest BCUT2D eigenvalue weighted by atomic mass is 16.4. The molecule has 1 aromatic carbocycles. The van der Waals surface area contributed by atoms with Crippen molar-refractivity contribution >= 4 is 12.0 Å². The third-order valence-electron chi connectivity index (χ3n) is 10.3. The Hall–Kier alpha value is -2.04. The van der Waals surface area contributed by atoms with Gasteiger partial charge in [0.15, 0.2) is 0 Å². The van der Waals surface area contributed by atoms with Gasteiger partial charge in [0.1, 0.15) is 0 Å². The molecule has 172 valence electrons. The summed E-state index contributed by atoms with van der Waals surface area (Å²) in [5.74, 6) is 3.43. The third-order valence-corrected chi connectivity index (χ3v) is 10.3. The average Bonchev–Trinajstić information content (AvgIpc) is 3.03. The quantitative estimate of drug-likeness (QED) is 0.717. The lowest BCUT2D eigenvalue weighted by Gasteiger charge is -2.63. The minimum Gasteiger partial charge on any atom is -0.465 e. The van der Waals surface area contributed by atoms with Gasteiger partial charge in [-0.3, -0.25) is 4.79 Å². The Kier molecular flexibility index (Phi) is 4.64. The van der Waals surface area contributed by atoms with Crippen molar-refractivity contribution in [2.75, 3.05) is 20.1 Å². The zero-order valence-electron chi connectivity index (χ0n) is 19.2. The summed E-state index contributed by atoms with van der Waals surface area (Å²) in [6.07, 6.45) is 9.78. The number of likely N-dealkylation sites (tertiary alicyclic amines) is 1. The van der Waals surface area contributed by atoms with Gasteiger partial charge in [-0.1, -0.05) is 24.3 Å². The van der Waals surface area contributed by atoms with Crippen LogP contribution in [0.4, 0.5) is 4.79 Å². The van der Waals surface area contributed by atoms with Crippen LogP contribution >= 0.6 is 0 Å². The number of nitrogens with zero attached hydrogens (tertiary/aromatic N) is 1. The number of fused-ring (bicyclic) bond motifs is 2. The molecule has 2 amide bonds. The smallest absolute Gasteiger partial charge is 0.407 e. The van der Waals surface area contributed by atoms with E-state index in [0.717, 1.165) is 30.6 Å². The van der Waals surface area contributed by atoms with Crippen molar-refractivity contribution in [3.05, 3.63) is 35.4 Å². The number of carboxylic acid groups (broad SMARTS) is 1. The Bertz CT molecular complexity index is 897. The molecule has 2 unspecified atom stereocenters. The molecule has 32 heavy (non-hydrogen) atoms. The molecular weight excluding hydrogens is 400 g/mol. The molecule has 6 aliphatic rings. The van der Waals surface area contributed by atoms with Gasteiger partial charge in [-0.05, 0) is 97.5 Å². The van der Waals surface area contributed by atoms with Crippen LogP contribution in [0, 0.1) is 29.1 Å². The molecule has 1 heterocycles. The van der Waals surface area contributed by atoms with Gasteiger partial charge in [-0.15, -0.1) is 0 Å². The van der Waals surface area contributed by atoms with E-state index in [4.69, 9.17) is 0 Å². The summed E-state index contributed by atoms with van der Waals surface area (Å²) in [4.78, 5) is 26.1. The van der Waals surface area contributed by atoms with Gasteiger partial charge in [-0.2, -0.15) is 0 Å². The van der Waals surface area contributed by atoms with E-state index in [2.05, 4.69) is 29.6 Å². The first-order chi connectivity index (χ1) is 15.4. The van der Waals surface area contributed by atoms with E-state index in [1.807, 2.05) is 0 Å². The van der Waals surface area contributed by atoms with Gasteiger partial charge < -0.3 is 15.3 Å². The zero-order chi connectivity index (χ0) is 22.1. The van der Waals surface area contributed by atoms with Gasteiger partial charge in [0.05, 0.1) is 0 Å². The van der Waals surface area contributed by atoms with Crippen LogP contribution in [0.2, 0.25) is 0 Å². The predicted octanol–water partition coefficient (Wildman–Crippen LogP) is 4.76. The molecule has 2 atom stereocenters. The fraction of sp³-hybridized carbons (Fsp3) is 0.704. The molecule has 5 fully saturated rings. The monoisotopic (exact) mass is 436 g/mol. The van der Waals surface area contributed by atoms with E-state index in [1.165, 1.54) is 49.7 Å². The molecule has 4 bridgehead atoms. The Balaban J connectivity index is 1.47. The standard InChI is InChI=1S/C27H36N2O3/c1-28-23(30)13-21-20-4-2-3-5-22(20)27(6-8-29(9-7-27)25(31)32)24(21)26-14-17-10-18(15-26)12-19(11-17)16-26/h2-5,17-19,21,24H,6-16H2,1H3,(H,28,30)(H,31,32). The Morgan fingerprint density at radius 3 is 2.19 bits per heavy atom. The lowest BCUT2D eigenvalue weighted by molar-refractivity contribution is -0.128. The molecule has 1 aromatic rings. The fourth-order valence-electron chi connectivity index (χ4n) is 9.78. The summed E-state index contributed by atoms with van der Waals surface area (Å²) in [6, 6.07) is 8.87. The molecular formula is C27H36N2O3. The second kappa shape index (κ2) is 7.23. The van der Waals surface area contributed by atoms with Crippen LogP contribution in [0.3, 0.4) is 0 Å². The average molecular weight is 437 g/mol. The molecule has 1 aliphatic heterocycles. The minimum atomic E-state index is -0.792. The van der Waals surface area contributed by atoms with Crippen molar-refractivity contribution in [1.82, 2.24) is 10.2 Å². The molecule has 5 aliphatic carbocycles. The van der Waals surface area contributed by atoms with Gasteiger partial charge in [-0.25, -0.2) is 4.79 Å². The number of amides is 2. The van der Waals surface area contributed by atoms with E-state index < -0.39 is 6.09 Å². The van der Waals surface area contributed by atoms with Crippen LogP contribution in [-0.2, 0) is 10.2 Å². The minimum absolute atomic E-state index is 0.00685. The van der Waals surface area contributed by atoms with E-state index in [9.17, 15) is 14.7 Å². The molecule has 5 heteroatoms. The molecule has 2 N–H and O–H groups in total. The summed E-state index contributed by atoms with van der Waals surface area (Å²) < 4.78 is 0. The van der Waals surface area contributed by atoms with Gasteiger partial charge in [0.2, 0.25) is 5.91 Å². The zero-order valence-corrected chi connectivity index (χ0v) is 19.2. The largest absolute Gasteiger partial charge is 0.465 e. The second-order valence-electron chi connectivity index (χ2n) is 11.8. The number of carbonyl (C=O) groups excluding carboxylic acids is 1. The molecule has 0 aromatic heterocycles. The Labute approximate surface area is 190 Å². The lowest BCUT2D eigenvalue weighted by atomic mass is 9.42. The lowest BCUT2D eigenvalue weighted by Crippen LogP contribution is -2.57. The summed E-state index contributed by atoms with van der Waals surface area (Å²) >= 11 is 0. The Morgan fingerprint density at radius 2 is 1.62 bits per heavy atom.